The van der Waals surface area contributed by atoms with E-state index in [1.54, 1.807) is 19.1 Å². The van der Waals surface area contributed by atoms with Gasteiger partial charge in [-0.3, -0.25) is 13.9 Å². The first-order chi connectivity index (χ1) is 18.6. The number of rotatable bonds is 9. The zero-order valence-corrected chi connectivity index (χ0v) is 25.9. The molecule has 214 valence electrons. The number of carbonyl (C=O) groups excluding carboxylic acids is 2. The lowest BCUT2D eigenvalue weighted by molar-refractivity contribution is -0.140. The first-order valence-corrected chi connectivity index (χ1v) is 15.0. The molecule has 3 aromatic rings. The molecule has 1 atom stereocenters. The van der Waals surface area contributed by atoms with Crippen LogP contribution in [0.1, 0.15) is 44.4 Å². The molecule has 0 bridgehead atoms. The highest BCUT2D eigenvalue weighted by atomic mass is 35.5. The summed E-state index contributed by atoms with van der Waals surface area (Å²) in [7, 11) is -4.25. The van der Waals surface area contributed by atoms with Gasteiger partial charge in [0.2, 0.25) is 11.8 Å². The lowest BCUT2D eigenvalue weighted by Gasteiger charge is -2.34. The molecular weight excluding hydrogens is 569 g/mol. The van der Waals surface area contributed by atoms with Crippen molar-refractivity contribution in [1.29, 1.82) is 0 Å². The van der Waals surface area contributed by atoms with Gasteiger partial charge in [-0.1, -0.05) is 65.2 Å². The van der Waals surface area contributed by atoms with Gasteiger partial charge in [0, 0.05) is 17.1 Å². The average molecular weight is 605 g/mol. The Morgan fingerprint density at radius 2 is 1.57 bits per heavy atom. The standard InChI is InChI=1S/C30H35Cl2N3O4S/c1-20-11-14-25(15-12-20)40(38,39)35(27-17-24(31)13-16-26(27)32)19-28(36)34(18-23-10-8-7-9-21(23)2)22(3)29(37)33-30(4,5)6/h7-17,22H,18-19H2,1-6H3,(H,33,37)/t22-/m1/s1. The summed E-state index contributed by atoms with van der Waals surface area (Å²) < 4.78 is 28.8. The van der Waals surface area contributed by atoms with E-state index in [4.69, 9.17) is 23.2 Å². The van der Waals surface area contributed by atoms with Gasteiger partial charge in [-0.15, -0.1) is 0 Å². The zero-order chi connectivity index (χ0) is 29.8. The third-order valence-electron chi connectivity index (χ3n) is 6.33. The van der Waals surface area contributed by atoms with Crippen LogP contribution in [0.15, 0.2) is 71.6 Å². The minimum atomic E-state index is -4.25. The summed E-state index contributed by atoms with van der Waals surface area (Å²) in [6.07, 6.45) is 0. The fourth-order valence-electron chi connectivity index (χ4n) is 4.06. The highest BCUT2D eigenvalue weighted by Gasteiger charge is 2.34. The number of nitrogens with one attached hydrogen (secondary N) is 1. The Kier molecular flexibility index (Phi) is 9.93. The molecule has 7 nitrogen and oxygen atoms in total. The number of hydrogen-bond donors (Lipinski definition) is 1. The first-order valence-electron chi connectivity index (χ1n) is 12.8. The van der Waals surface area contributed by atoms with Crippen LogP contribution in [0.5, 0.6) is 0 Å². The summed E-state index contributed by atoms with van der Waals surface area (Å²) >= 11 is 12.7. The predicted molar refractivity (Wildman–Crippen MR) is 161 cm³/mol. The maximum atomic E-state index is 14.0. The second-order valence-electron chi connectivity index (χ2n) is 10.8. The molecule has 0 spiro atoms. The Morgan fingerprint density at radius 3 is 2.17 bits per heavy atom. The summed E-state index contributed by atoms with van der Waals surface area (Å²) in [5.74, 6) is -0.935. The molecule has 3 rings (SSSR count). The van der Waals surface area contributed by atoms with E-state index in [2.05, 4.69) is 5.32 Å². The van der Waals surface area contributed by atoms with Crippen LogP contribution in [-0.4, -0.2) is 43.3 Å². The molecule has 2 amide bonds. The second kappa shape index (κ2) is 12.6. The summed E-state index contributed by atoms with van der Waals surface area (Å²) in [6, 6.07) is 17.4. The molecule has 3 aromatic carbocycles. The molecule has 1 N–H and O–H groups in total. The summed E-state index contributed by atoms with van der Waals surface area (Å²) in [5, 5.41) is 3.28. The van der Waals surface area contributed by atoms with Crippen molar-refractivity contribution in [2.75, 3.05) is 10.8 Å². The van der Waals surface area contributed by atoms with Gasteiger partial charge in [0.1, 0.15) is 12.6 Å². The quantitative estimate of drug-likeness (QED) is 0.318. The van der Waals surface area contributed by atoms with Gasteiger partial charge in [0.25, 0.3) is 10.0 Å². The van der Waals surface area contributed by atoms with E-state index in [-0.39, 0.29) is 33.1 Å². The van der Waals surface area contributed by atoms with E-state index in [0.29, 0.717) is 0 Å². The van der Waals surface area contributed by atoms with Crippen LogP contribution >= 0.6 is 23.2 Å². The van der Waals surface area contributed by atoms with Crippen LogP contribution in [0.3, 0.4) is 0 Å². The molecule has 0 aliphatic heterocycles. The van der Waals surface area contributed by atoms with E-state index >= 15 is 0 Å². The number of amides is 2. The van der Waals surface area contributed by atoms with E-state index in [1.165, 1.54) is 35.2 Å². The van der Waals surface area contributed by atoms with E-state index in [0.717, 1.165) is 21.0 Å². The number of benzene rings is 3. The highest BCUT2D eigenvalue weighted by Crippen LogP contribution is 2.33. The van der Waals surface area contributed by atoms with Gasteiger partial charge in [0.05, 0.1) is 15.6 Å². The molecule has 0 fully saturated rings. The monoisotopic (exact) mass is 603 g/mol. The molecule has 0 saturated carbocycles. The van der Waals surface area contributed by atoms with Gasteiger partial charge in [-0.05, 0) is 83.0 Å². The van der Waals surface area contributed by atoms with E-state index in [1.807, 2.05) is 58.9 Å². The minimum Gasteiger partial charge on any atom is -0.350 e. The SMILES string of the molecule is Cc1ccc(S(=O)(=O)N(CC(=O)N(Cc2ccccc2C)[C@H](C)C(=O)NC(C)(C)C)c2cc(Cl)ccc2Cl)cc1. The average Bonchev–Trinajstić information content (AvgIpc) is 2.87. The number of anilines is 1. The smallest absolute Gasteiger partial charge is 0.264 e. The normalized spacial score (nSPS) is 12.5. The van der Waals surface area contributed by atoms with Gasteiger partial charge >= 0.3 is 0 Å². The minimum absolute atomic E-state index is 0.00841. The van der Waals surface area contributed by atoms with Gasteiger partial charge in [-0.25, -0.2) is 8.42 Å². The van der Waals surface area contributed by atoms with Gasteiger partial charge in [-0.2, -0.15) is 0 Å². The van der Waals surface area contributed by atoms with Crippen LogP contribution in [0.2, 0.25) is 10.0 Å². The molecule has 0 heterocycles. The van der Waals surface area contributed by atoms with Crippen molar-refractivity contribution < 1.29 is 18.0 Å². The third-order valence-corrected chi connectivity index (χ3v) is 8.66. The summed E-state index contributed by atoms with van der Waals surface area (Å²) in [6.45, 7) is 10.4. The molecule has 40 heavy (non-hydrogen) atoms. The van der Waals surface area contributed by atoms with Crippen LogP contribution in [0, 0.1) is 13.8 Å². The first kappa shape index (κ1) is 31.5. The molecule has 10 heteroatoms. The Balaban J connectivity index is 2.09. The largest absolute Gasteiger partial charge is 0.350 e. The lowest BCUT2D eigenvalue weighted by Crippen LogP contribution is -2.54. The van der Waals surface area contributed by atoms with Crippen molar-refractivity contribution >= 4 is 50.7 Å². The maximum Gasteiger partial charge on any atom is 0.264 e. The van der Waals surface area contributed by atoms with Crippen molar-refractivity contribution in [2.24, 2.45) is 0 Å². The number of carbonyl (C=O) groups is 2. The Labute approximate surface area is 247 Å². The molecule has 0 aliphatic carbocycles. The van der Waals surface area contributed by atoms with Crippen molar-refractivity contribution in [3.8, 4) is 0 Å². The van der Waals surface area contributed by atoms with Gasteiger partial charge in [0.15, 0.2) is 0 Å². The summed E-state index contributed by atoms with van der Waals surface area (Å²) in [4.78, 5) is 28.6. The third kappa shape index (κ3) is 7.77. The fourth-order valence-corrected chi connectivity index (χ4v) is 5.92. The molecular formula is C30H35Cl2N3O4S. The molecule has 0 aromatic heterocycles. The van der Waals surface area contributed by atoms with E-state index in [9.17, 15) is 18.0 Å². The van der Waals surface area contributed by atoms with Crippen LogP contribution in [0.25, 0.3) is 0 Å². The second-order valence-corrected chi connectivity index (χ2v) is 13.5. The highest BCUT2D eigenvalue weighted by molar-refractivity contribution is 7.92. The van der Waals surface area contributed by atoms with Crippen molar-refractivity contribution in [1.82, 2.24) is 10.2 Å². The van der Waals surface area contributed by atoms with Gasteiger partial charge < -0.3 is 10.2 Å². The van der Waals surface area contributed by atoms with Crippen molar-refractivity contribution in [3.63, 3.8) is 0 Å². The van der Waals surface area contributed by atoms with Crippen LogP contribution < -0.4 is 9.62 Å². The van der Waals surface area contributed by atoms with Crippen LogP contribution in [-0.2, 0) is 26.2 Å². The molecule has 0 radical (unpaired) electrons. The number of nitrogens with zero attached hydrogens (tertiary/aromatic N) is 2. The number of aryl methyl sites for hydroxylation is 2. The van der Waals surface area contributed by atoms with Crippen LogP contribution in [0.4, 0.5) is 5.69 Å². The predicted octanol–water partition coefficient (Wildman–Crippen LogP) is 6.14. The fraction of sp³-hybridized carbons (Fsp3) is 0.333. The molecule has 0 unspecified atom stereocenters. The molecule has 0 aliphatic rings. The number of halogens is 2. The van der Waals surface area contributed by atoms with E-state index < -0.39 is 34.1 Å². The zero-order valence-electron chi connectivity index (χ0n) is 23.5. The topological polar surface area (TPSA) is 86.8 Å². The number of hydrogen-bond acceptors (Lipinski definition) is 4. The Morgan fingerprint density at radius 1 is 0.950 bits per heavy atom. The Bertz CT molecular complexity index is 1490. The lowest BCUT2D eigenvalue weighted by atomic mass is 10.1. The molecule has 0 saturated heterocycles. The summed E-state index contributed by atoms with van der Waals surface area (Å²) in [5.41, 5.74) is 2.18. The van der Waals surface area contributed by atoms with Crippen molar-refractivity contribution in [3.05, 3.63) is 93.5 Å². The maximum absolute atomic E-state index is 14.0. The number of sulfonamides is 1. The Hall–Kier alpha value is -3.07. The van der Waals surface area contributed by atoms with Crippen molar-refractivity contribution in [2.45, 2.75) is 64.6 Å².